The van der Waals surface area contributed by atoms with E-state index in [0.29, 0.717) is 10.7 Å². The van der Waals surface area contributed by atoms with E-state index in [1.165, 1.54) is 0 Å². The molecule has 0 radical (unpaired) electrons. The van der Waals surface area contributed by atoms with Crippen LogP contribution in [0, 0.1) is 19.7 Å². The molecule has 0 aliphatic heterocycles. The molecule has 0 atom stereocenters. The van der Waals surface area contributed by atoms with E-state index < -0.39 is 5.97 Å². The molecule has 0 saturated heterocycles. The van der Waals surface area contributed by atoms with Crippen molar-refractivity contribution >= 4 is 23.0 Å². The minimum absolute atomic E-state index is 0. The summed E-state index contributed by atoms with van der Waals surface area (Å²) in [5.74, 6) is -1.04. The number of carboxylic acid groups (broad SMARTS) is 1. The maximum atomic E-state index is 10.7. The van der Waals surface area contributed by atoms with Gasteiger partial charge in [-0.05, 0) is 12.5 Å². The number of hydrogen-bond donors (Lipinski definition) is 1. The first kappa shape index (κ1) is 15.7. The number of thiazole rings is 1. The number of aromatic nitrogens is 1. The fraction of sp³-hybridized carbons (Fsp3) is 0.0833. The number of carbonyl (C=O) groups is 1. The SMILES string of the molecule is [C-]#[N+]c1cc(-c2n[c-]c(C(=O)O)s2)ccc1C.[Rb+]. The zero-order valence-electron chi connectivity index (χ0n) is 9.89. The van der Waals surface area contributed by atoms with Crippen molar-refractivity contribution in [3.8, 4) is 10.6 Å². The third-order valence-corrected chi connectivity index (χ3v) is 3.22. The molecule has 0 aliphatic carbocycles. The molecule has 84 valence electrons. The van der Waals surface area contributed by atoms with E-state index in [2.05, 4.69) is 16.0 Å². The van der Waals surface area contributed by atoms with Crippen LogP contribution in [-0.2, 0) is 0 Å². The van der Waals surface area contributed by atoms with E-state index in [1.807, 2.05) is 19.1 Å². The molecule has 4 nitrogen and oxygen atoms in total. The molecule has 1 aromatic carbocycles. The second-order valence-corrected chi connectivity index (χ2v) is 4.38. The first-order chi connectivity index (χ1) is 8.11. The Morgan fingerprint density at radius 2 is 2.28 bits per heavy atom. The normalized spacial score (nSPS) is 9.33. The molecule has 1 heterocycles. The fourth-order valence-corrected chi connectivity index (χ4v) is 2.03. The van der Waals surface area contributed by atoms with Crippen molar-refractivity contribution in [2.24, 2.45) is 0 Å². The Labute approximate surface area is 157 Å². The molecule has 2 rings (SSSR count). The van der Waals surface area contributed by atoms with E-state index >= 15 is 0 Å². The number of nitrogens with zero attached hydrogens (tertiary/aromatic N) is 2. The third kappa shape index (κ3) is 3.34. The number of aryl methyl sites for hydroxylation is 1. The van der Waals surface area contributed by atoms with Gasteiger partial charge in [0.2, 0.25) is 5.97 Å². The van der Waals surface area contributed by atoms with Gasteiger partial charge in [-0.25, -0.2) is 16.2 Å². The standard InChI is InChI=1S/C12H7N2O2S.Rb/c1-7-3-4-8(5-9(7)13-2)11-14-6-10(17-11)12(15)16;/h3-5H,1H3,(H,15,16);/q-1;+1. The van der Waals surface area contributed by atoms with Crippen LogP contribution in [0.1, 0.15) is 15.2 Å². The molecule has 0 fully saturated rings. The van der Waals surface area contributed by atoms with Crippen molar-refractivity contribution < 1.29 is 68.1 Å². The van der Waals surface area contributed by atoms with E-state index in [1.54, 1.807) is 6.07 Å². The number of rotatable bonds is 2. The van der Waals surface area contributed by atoms with Gasteiger partial charge in [0.25, 0.3) is 0 Å². The van der Waals surface area contributed by atoms with E-state index in [4.69, 9.17) is 11.7 Å². The summed E-state index contributed by atoms with van der Waals surface area (Å²) in [6, 6.07) is 5.35. The molecule has 0 amide bonds. The van der Waals surface area contributed by atoms with Crippen LogP contribution in [0.4, 0.5) is 5.69 Å². The van der Waals surface area contributed by atoms with Gasteiger partial charge in [-0.1, -0.05) is 30.0 Å². The maximum absolute atomic E-state index is 10.7. The first-order valence-corrected chi connectivity index (χ1v) is 5.53. The van der Waals surface area contributed by atoms with Crippen LogP contribution in [0.5, 0.6) is 0 Å². The van der Waals surface area contributed by atoms with E-state index in [0.717, 1.165) is 22.5 Å². The number of hydrogen-bond acceptors (Lipinski definition) is 3. The second kappa shape index (κ2) is 6.69. The van der Waals surface area contributed by atoms with Gasteiger partial charge in [-0.3, -0.25) is 0 Å². The van der Waals surface area contributed by atoms with Crippen molar-refractivity contribution in [3.63, 3.8) is 0 Å². The first-order valence-electron chi connectivity index (χ1n) is 4.72. The molecule has 0 spiro atoms. The Morgan fingerprint density at radius 1 is 1.56 bits per heavy atom. The number of benzene rings is 1. The number of aromatic carboxylic acids is 1. The van der Waals surface area contributed by atoms with Crippen molar-refractivity contribution in [1.29, 1.82) is 0 Å². The third-order valence-electron chi connectivity index (χ3n) is 2.23. The molecule has 0 unspecified atom stereocenters. The van der Waals surface area contributed by atoms with E-state index in [-0.39, 0.29) is 63.1 Å². The molecule has 6 heteroatoms. The Hall–Kier alpha value is -0.385. The summed E-state index contributed by atoms with van der Waals surface area (Å²) >= 11 is 1.05. The van der Waals surface area contributed by atoms with Gasteiger partial charge in [0.15, 0.2) is 5.69 Å². The molecular formula is C12H7N2O2RbS. The predicted octanol–water partition coefficient (Wildman–Crippen LogP) is 0.172. The van der Waals surface area contributed by atoms with Gasteiger partial charge in [0, 0.05) is 9.88 Å². The maximum Gasteiger partial charge on any atom is 1.00 e. The summed E-state index contributed by atoms with van der Waals surface area (Å²) < 4.78 is 0. The van der Waals surface area contributed by atoms with Gasteiger partial charge >= 0.3 is 58.2 Å². The van der Waals surface area contributed by atoms with Gasteiger partial charge in [0.1, 0.15) is 0 Å². The Morgan fingerprint density at radius 3 is 2.83 bits per heavy atom. The molecule has 0 saturated carbocycles. The summed E-state index contributed by atoms with van der Waals surface area (Å²) in [5.41, 5.74) is 2.19. The average molecular weight is 329 g/mol. The fourth-order valence-electron chi connectivity index (χ4n) is 1.32. The second-order valence-electron chi connectivity index (χ2n) is 3.38. The van der Waals surface area contributed by atoms with Crippen LogP contribution in [0.15, 0.2) is 18.2 Å². The Kier molecular flexibility index (Phi) is 5.82. The van der Waals surface area contributed by atoms with Crippen LogP contribution in [0.2, 0.25) is 0 Å². The van der Waals surface area contributed by atoms with Crippen LogP contribution in [0.3, 0.4) is 0 Å². The summed E-state index contributed by atoms with van der Waals surface area (Å²) in [6.07, 6.45) is 2.45. The van der Waals surface area contributed by atoms with Crippen LogP contribution in [-0.4, -0.2) is 16.1 Å². The zero-order chi connectivity index (χ0) is 12.4. The smallest absolute Gasteiger partial charge is 0.534 e. The van der Waals surface area contributed by atoms with Crippen molar-refractivity contribution in [2.75, 3.05) is 0 Å². The van der Waals surface area contributed by atoms with Gasteiger partial charge in [-0.15, -0.1) is 0 Å². The minimum Gasteiger partial charge on any atom is -0.534 e. The van der Waals surface area contributed by atoms with Crippen LogP contribution >= 0.6 is 11.3 Å². The van der Waals surface area contributed by atoms with Crippen molar-refractivity contribution in [1.82, 2.24) is 4.98 Å². The molecule has 18 heavy (non-hydrogen) atoms. The Balaban J connectivity index is 0.00000162. The summed E-state index contributed by atoms with van der Waals surface area (Å²) in [5, 5.41) is 9.34. The van der Waals surface area contributed by atoms with E-state index in [9.17, 15) is 4.79 Å². The molecular weight excluding hydrogens is 322 g/mol. The van der Waals surface area contributed by atoms with Crippen LogP contribution < -0.4 is 58.2 Å². The van der Waals surface area contributed by atoms with Gasteiger partial charge < -0.3 is 14.9 Å². The largest absolute Gasteiger partial charge is 1.00 e. The monoisotopic (exact) mass is 328 g/mol. The van der Waals surface area contributed by atoms with Crippen molar-refractivity contribution in [2.45, 2.75) is 6.92 Å². The molecule has 2 aromatic rings. The summed E-state index contributed by atoms with van der Waals surface area (Å²) in [6.45, 7) is 8.88. The molecule has 1 N–H and O–H groups in total. The topological polar surface area (TPSA) is 54.5 Å². The predicted molar refractivity (Wildman–Crippen MR) is 64.3 cm³/mol. The number of carboxylic acids is 1. The molecule has 0 aliphatic rings. The minimum atomic E-state index is -1.04. The Bertz CT molecular complexity index is 631. The van der Waals surface area contributed by atoms with Crippen molar-refractivity contribution in [3.05, 3.63) is 46.3 Å². The van der Waals surface area contributed by atoms with Gasteiger partial charge in [0.05, 0.1) is 6.57 Å². The zero-order valence-corrected chi connectivity index (χ0v) is 15.6. The summed E-state index contributed by atoms with van der Waals surface area (Å²) in [7, 11) is 0. The summed E-state index contributed by atoms with van der Waals surface area (Å²) in [4.78, 5) is 18.1. The average Bonchev–Trinajstić information content (AvgIpc) is 2.79. The van der Waals surface area contributed by atoms with Crippen LogP contribution in [0.25, 0.3) is 15.4 Å². The molecule has 0 bridgehead atoms. The molecule has 1 aromatic heterocycles. The quantitative estimate of drug-likeness (QED) is 0.800. The van der Waals surface area contributed by atoms with Gasteiger partial charge in [-0.2, -0.15) is 0 Å².